The van der Waals surface area contributed by atoms with Crippen molar-refractivity contribution >= 4 is 11.9 Å². The molecular formula is C40H74O5. The largest absolute Gasteiger partial charge is 0.466 e. The number of aliphatic hydroxyl groups excluding tert-OH is 1. The van der Waals surface area contributed by atoms with Gasteiger partial charge in [0.25, 0.3) is 0 Å². The fourth-order valence-corrected chi connectivity index (χ4v) is 5.45. The van der Waals surface area contributed by atoms with Gasteiger partial charge in [0, 0.05) is 0 Å². The topological polar surface area (TPSA) is 72.8 Å². The van der Waals surface area contributed by atoms with Gasteiger partial charge in [-0.1, -0.05) is 154 Å². The summed E-state index contributed by atoms with van der Waals surface area (Å²) in [6.07, 6.45) is 42.0. The number of carbonyl (C=O) groups excluding carboxylic acids is 2. The molecule has 0 aromatic rings. The van der Waals surface area contributed by atoms with Crippen LogP contribution in [0.3, 0.4) is 0 Å². The van der Waals surface area contributed by atoms with Crippen molar-refractivity contribution in [2.45, 2.75) is 206 Å². The summed E-state index contributed by atoms with van der Waals surface area (Å²) in [6, 6.07) is 0. The molecule has 0 fully saturated rings. The third-order valence-corrected chi connectivity index (χ3v) is 8.45. The van der Waals surface area contributed by atoms with Crippen molar-refractivity contribution in [2.75, 3.05) is 13.2 Å². The highest BCUT2D eigenvalue weighted by molar-refractivity contribution is 5.81. The van der Waals surface area contributed by atoms with E-state index in [1.807, 2.05) is 0 Å². The van der Waals surface area contributed by atoms with E-state index in [2.05, 4.69) is 38.2 Å². The fourth-order valence-electron chi connectivity index (χ4n) is 5.45. The fraction of sp³-hybridized carbons (Fsp3) is 0.850. The van der Waals surface area contributed by atoms with E-state index in [1.165, 1.54) is 141 Å². The molecule has 0 aromatic carbocycles. The number of hydrogen-bond donors (Lipinski definition) is 1. The van der Waals surface area contributed by atoms with E-state index in [9.17, 15) is 14.7 Å². The van der Waals surface area contributed by atoms with Gasteiger partial charge in [-0.25, -0.2) is 4.79 Å². The van der Waals surface area contributed by atoms with Crippen molar-refractivity contribution in [1.82, 2.24) is 0 Å². The summed E-state index contributed by atoms with van der Waals surface area (Å²) < 4.78 is 10.4. The van der Waals surface area contributed by atoms with Crippen molar-refractivity contribution in [2.24, 2.45) is 0 Å². The highest BCUT2D eigenvalue weighted by Crippen LogP contribution is 2.12. The van der Waals surface area contributed by atoms with Crippen LogP contribution in [0.25, 0.3) is 0 Å². The molecule has 0 aromatic heterocycles. The van der Waals surface area contributed by atoms with Gasteiger partial charge in [-0.05, 0) is 64.2 Å². The predicted molar refractivity (Wildman–Crippen MR) is 191 cm³/mol. The lowest BCUT2D eigenvalue weighted by Crippen LogP contribution is -2.27. The molecule has 0 amide bonds. The lowest BCUT2D eigenvalue weighted by atomic mass is 10.1. The molecule has 0 saturated carbocycles. The monoisotopic (exact) mass is 635 g/mol. The summed E-state index contributed by atoms with van der Waals surface area (Å²) in [5, 5.41) is 9.98. The van der Waals surface area contributed by atoms with Crippen LogP contribution in [0.2, 0.25) is 0 Å². The number of hydrogen-bond acceptors (Lipinski definition) is 5. The van der Waals surface area contributed by atoms with E-state index in [4.69, 9.17) is 9.47 Å². The molecular weight excluding hydrogens is 560 g/mol. The van der Waals surface area contributed by atoms with Crippen LogP contribution < -0.4 is 0 Å². The first-order valence-electron chi connectivity index (χ1n) is 19.4. The van der Waals surface area contributed by atoms with E-state index in [0.717, 1.165) is 38.5 Å². The Bertz CT molecular complexity index is 686. The average Bonchev–Trinajstić information content (AvgIpc) is 3.03. The van der Waals surface area contributed by atoms with Gasteiger partial charge in [-0.15, -0.1) is 0 Å². The first-order valence-corrected chi connectivity index (χ1v) is 19.4. The second kappa shape index (κ2) is 36.8. The number of esters is 2. The smallest absolute Gasteiger partial charge is 0.335 e. The summed E-state index contributed by atoms with van der Waals surface area (Å²) in [6.45, 7) is 5.16. The van der Waals surface area contributed by atoms with Gasteiger partial charge >= 0.3 is 11.9 Å². The summed E-state index contributed by atoms with van der Waals surface area (Å²) in [4.78, 5) is 23.9. The van der Waals surface area contributed by atoms with Crippen molar-refractivity contribution in [1.29, 1.82) is 0 Å². The Labute approximate surface area is 279 Å². The second-order valence-electron chi connectivity index (χ2n) is 13.0. The Morgan fingerprint density at radius 1 is 0.467 bits per heavy atom. The number of allylic oxidation sites excluding steroid dienone is 4. The molecule has 1 N–H and O–H groups in total. The Kier molecular flexibility index (Phi) is 35.5. The zero-order chi connectivity index (χ0) is 32.9. The maximum atomic E-state index is 12.0. The lowest BCUT2D eigenvalue weighted by molar-refractivity contribution is -0.160. The normalized spacial score (nSPS) is 12.3. The van der Waals surface area contributed by atoms with Crippen LogP contribution in [0, 0.1) is 0 Å². The van der Waals surface area contributed by atoms with Crippen LogP contribution in [0.5, 0.6) is 0 Å². The molecule has 0 bridgehead atoms. The van der Waals surface area contributed by atoms with E-state index in [0.29, 0.717) is 13.2 Å². The summed E-state index contributed by atoms with van der Waals surface area (Å²) in [7, 11) is 0. The minimum atomic E-state index is -1.44. The van der Waals surface area contributed by atoms with Gasteiger partial charge < -0.3 is 14.6 Å². The van der Waals surface area contributed by atoms with Gasteiger partial charge in [-0.3, -0.25) is 4.79 Å². The number of rotatable bonds is 35. The summed E-state index contributed by atoms with van der Waals surface area (Å²) >= 11 is 0. The Balaban J connectivity index is 3.45. The predicted octanol–water partition coefficient (Wildman–Crippen LogP) is 11.9. The van der Waals surface area contributed by atoms with E-state index in [-0.39, 0.29) is 6.42 Å². The average molecular weight is 635 g/mol. The van der Waals surface area contributed by atoms with Crippen molar-refractivity contribution in [3.8, 4) is 0 Å². The lowest BCUT2D eigenvalue weighted by Gasteiger charge is -2.11. The number of aliphatic hydroxyl groups is 1. The molecule has 5 heteroatoms. The first-order chi connectivity index (χ1) is 22.1. The molecule has 0 aliphatic rings. The molecule has 0 saturated heterocycles. The van der Waals surface area contributed by atoms with E-state index in [1.54, 1.807) is 0 Å². The van der Waals surface area contributed by atoms with Gasteiger partial charge in [0.1, 0.15) is 0 Å². The summed E-state index contributed by atoms with van der Waals surface area (Å²) in [5.74, 6) is -1.26. The highest BCUT2D eigenvalue weighted by atomic mass is 16.6. The van der Waals surface area contributed by atoms with Crippen molar-refractivity contribution in [3.63, 3.8) is 0 Å². The zero-order valence-electron chi connectivity index (χ0n) is 29.9. The zero-order valence-corrected chi connectivity index (χ0v) is 29.9. The molecule has 0 radical (unpaired) electrons. The van der Waals surface area contributed by atoms with E-state index >= 15 is 0 Å². The third-order valence-electron chi connectivity index (χ3n) is 8.45. The van der Waals surface area contributed by atoms with Crippen molar-refractivity contribution < 1.29 is 24.2 Å². The quantitative estimate of drug-likeness (QED) is 0.0426. The molecule has 264 valence electrons. The van der Waals surface area contributed by atoms with Crippen LogP contribution in [0.4, 0.5) is 0 Å². The Morgan fingerprint density at radius 3 is 1.16 bits per heavy atom. The maximum Gasteiger partial charge on any atom is 0.335 e. The minimum Gasteiger partial charge on any atom is -0.466 e. The van der Waals surface area contributed by atoms with Gasteiger partial charge in [-0.2, -0.15) is 0 Å². The minimum absolute atomic E-state index is 0.293. The number of carbonyl (C=O) groups is 2. The van der Waals surface area contributed by atoms with Crippen LogP contribution in [-0.2, 0) is 19.1 Å². The molecule has 1 unspecified atom stereocenters. The molecule has 1 atom stereocenters. The standard InChI is InChI=1S/C40H74O5/c1-3-5-7-9-11-13-15-17-19-21-23-25-27-29-31-33-35-44-39(42)37-38(41)40(43)45-36-34-32-30-28-26-24-22-20-18-16-14-12-10-8-6-4-2/h17-20,38,41H,3-16,21-37H2,1-2H3. The summed E-state index contributed by atoms with van der Waals surface area (Å²) in [5.41, 5.74) is 0. The van der Waals surface area contributed by atoms with Crippen molar-refractivity contribution in [3.05, 3.63) is 24.3 Å². The molecule has 0 aliphatic heterocycles. The highest BCUT2D eigenvalue weighted by Gasteiger charge is 2.21. The van der Waals surface area contributed by atoms with Gasteiger partial charge in [0.2, 0.25) is 0 Å². The van der Waals surface area contributed by atoms with Crippen LogP contribution in [0.1, 0.15) is 200 Å². The molecule has 0 heterocycles. The van der Waals surface area contributed by atoms with Crippen LogP contribution in [0.15, 0.2) is 24.3 Å². The molecule has 5 nitrogen and oxygen atoms in total. The van der Waals surface area contributed by atoms with Crippen LogP contribution in [-0.4, -0.2) is 36.4 Å². The molecule has 45 heavy (non-hydrogen) atoms. The third kappa shape index (κ3) is 35.1. The first kappa shape index (κ1) is 43.4. The molecule has 0 rings (SSSR count). The van der Waals surface area contributed by atoms with Crippen LogP contribution >= 0.6 is 0 Å². The number of unbranched alkanes of at least 4 members (excludes halogenated alkanes) is 24. The Morgan fingerprint density at radius 2 is 0.778 bits per heavy atom. The number of ether oxygens (including phenoxy) is 2. The SMILES string of the molecule is CCCCCCCCC=CCCCCCCCCOC(=O)CC(O)C(=O)OCCCCCCCCC=CCCCCCCCC. The van der Waals surface area contributed by atoms with Gasteiger partial charge in [0.15, 0.2) is 6.10 Å². The second-order valence-corrected chi connectivity index (χ2v) is 13.0. The molecule has 0 spiro atoms. The Hall–Kier alpha value is -1.62. The van der Waals surface area contributed by atoms with Gasteiger partial charge in [0.05, 0.1) is 19.6 Å². The molecule has 0 aliphatic carbocycles. The van der Waals surface area contributed by atoms with E-state index < -0.39 is 18.0 Å². The maximum absolute atomic E-state index is 12.0.